The molecule has 13 aromatic rings. The number of carbonyl (C=O) groups is 12. The molecule has 0 unspecified atom stereocenters. The van der Waals surface area contributed by atoms with E-state index in [9.17, 15) is 57.5 Å². The third kappa shape index (κ3) is 15.6. The first-order valence-electron chi connectivity index (χ1n) is 39.1. The van der Waals surface area contributed by atoms with E-state index in [0.717, 1.165) is 31.7 Å². The predicted molar refractivity (Wildman–Crippen MR) is 434 cm³/mol. The molecule has 28 heteroatoms. The average molecular weight is 1620 g/mol. The molecule has 606 valence electrons. The van der Waals surface area contributed by atoms with Crippen molar-refractivity contribution in [1.82, 2.24) is 44.6 Å². The maximum Gasteiger partial charge on any atom is 0.255 e. The lowest BCUT2D eigenvalue weighted by atomic mass is 9.91. The lowest BCUT2D eigenvalue weighted by Gasteiger charge is -2.24. The lowest BCUT2D eigenvalue weighted by molar-refractivity contribution is 0.0306. The van der Waals surface area contributed by atoms with Gasteiger partial charge >= 0.3 is 0 Å². The van der Waals surface area contributed by atoms with E-state index < -0.39 is 69.4 Å². The zero-order valence-electron chi connectivity index (χ0n) is 66.6. The van der Waals surface area contributed by atoms with Crippen LogP contribution >= 0.6 is 0 Å². The van der Waals surface area contributed by atoms with Crippen LogP contribution in [0.2, 0.25) is 0 Å². The number of nitrogens with zero attached hydrogens (tertiary/aromatic N) is 9. The fourth-order valence-corrected chi connectivity index (χ4v) is 14.7. The number of benzene rings is 7. The van der Waals surface area contributed by atoms with E-state index >= 15 is 0 Å². The molecule has 0 spiro atoms. The molecule has 21 rings (SSSR count). The van der Waals surface area contributed by atoms with Crippen LogP contribution in [0.1, 0.15) is 214 Å². The second kappa shape index (κ2) is 33.2. The molecule has 0 radical (unpaired) electrons. The highest BCUT2D eigenvalue weighted by atomic mass is 16.5. The van der Waals surface area contributed by atoms with Crippen LogP contribution in [-0.2, 0) is 29.8 Å². The number of ether oxygens (including phenoxy) is 1. The second-order valence-corrected chi connectivity index (χ2v) is 30.9. The molecule has 0 amide bonds. The number of ketones is 12. The van der Waals surface area contributed by atoms with Gasteiger partial charge in [-0.25, -0.2) is 29.9 Å². The zero-order chi connectivity index (χ0) is 84.8. The number of carbonyl (C=O) groups excluding carboxylic acids is 12. The Morgan fingerprint density at radius 1 is 0.322 bits per heavy atom. The quantitative estimate of drug-likeness (QED) is 0.127. The van der Waals surface area contributed by atoms with Gasteiger partial charge in [-0.2, -0.15) is 0 Å². The van der Waals surface area contributed by atoms with Crippen molar-refractivity contribution in [3.63, 3.8) is 0 Å². The molecule has 121 heavy (non-hydrogen) atoms. The van der Waals surface area contributed by atoms with Crippen molar-refractivity contribution >= 4 is 69.4 Å². The molecule has 0 saturated carbocycles. The van der Waals surface area contributed by atoms with Crippen molar-refractivity contribution in [3.05, 3.63) is 273 Å². The molecule has 7 aromatic carbocycles. The zero-order valence-corrected chi connectivity index (χ0v) is 66.6. The van der Waals surface area contributed by atoms with Gasteiger partial charge in [0.05, 0.1) is 32.8 Å². The fraction of sp³-hybridized carbons (Fsp3) is 0.226. The molecule has 2 aliphatic heterocycles. The summed E-state index contributed by atoms with van der Waals surface area (Å²) in [5.74, 6) is -1.42. The maximum atomic E-state index is 12.2. The number of hydrogen-bond donors (Lipinski definition) is 0. The highest BCUT2D eigenvalue weighted by Crippen LogP contribution is 2.42. The second-order valence-electron chi connectivity index (χ2n) is 30.9. The third-order valence-corrected chi connectivity index (χ3v) is 20.8. The molecule has 0 atom stereocenters. The summed E-state index contributed by atoms with van der Waals surface area (Å²) in [7, 11) is 3.76. The summed E-state index contributed by atoms with van der Waals surface area (Å²) in [6.07, 6.45) is 3.63. The van der Waals surface area contributed by atoms with Gasteiger partial charge in [0.25, 0.3) is 34.7 Å². The lowest BCUT2D eigenvalue weighted by Crippen LogP contribution is -2.35. The Bertz CT molecular complexity index is 6310. The number of hydrogen-bond acceptors (Lipinski definition) is 28. The van der Waals surface area contributed by atoms with Crippen LogP contribution in [0.5, 0.6) is 0 Å². The van der Waals surface area contributed by atoms with Crippen molar-refractivity contribution in [2.45, 2.75) is 84.8 Å². The van der Waals surface area contributed by atoms with Crippen LogP contribution in [0.25, 0.3) is 79.4 Å². The minimum atomic E-state index is -0.616. The van der Waals surface area contributed by atoms with E-state index in [-0.39, 0.29) is 45.5 Å². The number of rotatable bonds is 8. The summed E-state index contributed by atoms with van der Waals surface area (Å²) in [6, 6.07) is 51.1. The van der Waals surface area contributed by atoms with Gasteiger partial charge in [-0.15, -0.1) is 0 Å². The van der Waals surface area contributed by atoms with Gasteiger partial charge in [0, 0.05) is 96.7 Å². The standard InChI is InChI=1S/C17H16N2O3.C17H9NO3.C16H14N2O4.C15H13NO3.C14H12N2O3.C14H11NO3/c20-15-11-6-2-3-7-12(11)17-14(16(15)21)18-13(22-17)10-19-8-4-1-5-9-19;19-14-11-8-4-5-9-12(11)16-13(15(14)20)18-17(21-16)10-6-2-1-3-7-10;19-14-10-3-1-2-4-11(10)16-13(15(14)20)17-12(22-16)9-18-5-7-21-8-6-18;1-15(2,3)14-16-10-12(18)11(17)8-6-4-5-7-9(8)13(10)19-14;1-16(2)7-10-15-11-13(18)12(17)8-5-3-4-6-9(8)14(11)19-10;1-7(2)14-15-10-12(17)11(16)8-5-3-4-6-9(8)13(10)18-14/h2-3,6-7H,1,4-5,8-10H2;1-9H;1-4H,5-9H2;4-7H,1-3H3;3-6H,7H2,1-2H3;3-7H,1-2H3. The van der Waals surface area contributed by atoms with Gasteiger partial charge in [-0.1, -0.05) is 205 Å². The van der Waals surface area contributed by atoms with Crippen LogP contribution in [0, 0.1) is 0 Å². The Morgan fingerprint density at radius 3 is 0.983 bits per heavy atom. The van der Waals surface area contributed by atoms with Crippen molar-refractivity contribution in [2.75, 3.05) is 53.5 Å². The molecule has 2 saturated heterocycles. The smallest absolute Gasteiger partial charge is 0.255 e. The Balaban J connectivity index is 0.000000108. The van der Waals surface area contributed by atoms with Gasteiger partial charge in [0.15, 0.2) is 74.6 Å². The molecule has 6 aliphatic carbocycles. The number of fused-ring (bicyclic) bond motifs is 18. The first kappa shape index (κ1) is 80.5. The summed E-state index contributed by atoms with van der Waals surface area (Å²) >= 11 is 0. The SMILES string of the molecule is CC(C)(C)c1nc2c(o1)-c1ccccc1C(=O)C2=O.CC(C)c1nc2c(o1)-c1ccccc1C(=O)C2=O.CN(C)Cc1nc2c(o1)-c1ccccc1C(=O)C2=O.O=C1C(=O)c2nc(-c3ccccc3)oc2-c2ccccc21.O=C1C(=O)c2nc(CN3CCCCC3)oc2-c2ccccc21.O=C1C(=O)c2nc(CN3CCOCC3)oc2-c2ccccc21. The van der Waals surface area contributed by atoms with Crippen LogP contribution in [0.4, 0.5) is 0 Å². The molecule has 8 aliphatic rings. The van der Waals surface area contributed by atoms with Gasteiger partial charge in [-0.05, 0) is 52.2 Å². The number of morpholine rings is 1. The maximum absolute atomic E-state index is 12.2. The van der Waals surface area contributed by atoms with Crippen LogP contribution in [0.3, 0.4) is 0 Å². The predicted octanol–water partition coefficient (Wildman–Crippen LogP) is 15.3. The first-order chi connectivity index (χ1) is 58.3. The minimum Gasteiger partial charge on any atom is -0.440 e. The van der Waals surface area contributed by atoms with Crippen molar-refractivity contribution < 1.29 is 88.8 Å². The summed E-state index contributed by atoms with van der Waals surface area (Å²) in [5, 5.41) is 0. The van der Waals surface area contributed by atoms with E-state index in [1.165, 1.54) is 19.3 Å². The molecule has 6 aromatic heterocycles. The summed E-state index contributed by atoms with van der Waals surface area (Å²) in [6.45, 7) is 16.3. The van der Waals surface area contributed by atoms with Crippen molar-refractivity contribution in [2.24, 2.45) is 0 Å². The van der Waals surface area contributed by atoms with E-state index in [0.29, 0.717) is 170 Å². The Hall–Kier alpha value is -14.3. The van der Waals surface area contributed by atoms with Gasteiger partial charge in [0.1, 0.15) is 0 Å². The van der Waals surface area contributed by atoms with Crippen LogP contribution in [0.15, 0.2) is 202 Å². The third-order valence-electron chi connectivity index (χ3n) is 20.8. The normalized spacial score (nSPS) is 15.3. The number of piperidine rings is 1. The first-order valence-corrected chi connectivity index (χ1v) is 39.1. The van der Waals surface area contributed by atoms with Gasteiger partial charge in [-0.3, -0.25) is 67.3 Å². The molecule has 2 fully saturated rings. The van der Waals surface area contributed by atoms with E-state index in [2.05, 4.69) is 39.7 Å². The van der Waals surface area contributed by atoms with Gasteiger partial charge in [0.2, 0.25) is 64.2 Å². The topological polar surface area (TPSA) is 380 Å². The number of likely N-dealkylation sites (tertiary alicyclic amines) is 1. The fourth-order valence-electron chi connectivity index (χ4n) is 14.7. The van der Waals surface area contributed by atoms with E-state index in [1.54, 1.807) is 121 Å². The Morgan fingerprint density at radius 2 is 0.620 bits per heavy atom. The minimum absolute atomic E-state index is 0.0747. The van der Waals surface area contributed by atoms with Gasteiger partial charge < -0.3 is 36.1 Å². The molecule has 0 bridgehead atoms. The van der Waals surface area contributed by atoms with E-state index in [4.69, 9.17) is 31.2 Å². The Labute approximate surface area is 690 Å². The number of aromatic nitrogens is 6. The highest BCUT2D eigenvalue weighted by Gasteiger charge is 2.42. The van der Waals surface area contributed by atoms with Crippen molar-refractivity contribution in [3.8, 4) is 79.4 Å². The number of oxazole rings is 6. The molecule has 8 heterocycles. The van der Waals surface area contributed by atoms with Crippen LogP contribution in [-0.4, -0.2) is 167 Å². The van der Waals surface area contributed by atoms with E-state index in [1.807, 2.05) is 108 Å². The molecular formula is C93H75N9O19. The summed E-state index contributed by atoms with van der Waals surface area (Å²) < 4.78 is 39.7. The monoisotopic (exact) mass is 1620 g/mol. The largest absolute Gasteiger partial charge is 0.440 e. The molecule has 0 N–H and O–H groups in total. The average Bonchev–Trinajstić information content (AvgIpc) is 1.76. The number of Topliss-reactive ketones (excluding diaryl/α,β-unsaturated/α-hetero) is 12. The summed E-state index contributed by atoms with van der Waals surface area (Å²) in [4.78, 5) is 176. The highest BCUT2D eigenvalue weighted by molar-refractivity contribution is 6.55. The Kier molecular flexibility index (Phi) is 22.1. The van der Waals surface area contributed by atoms with Crippen LogP contribution < -0.4 is 0 Å². The summed E-state index contributed by atoms with van der Waals surface area (Å²) in [5.41, 5.74) is 7.41. The molecule has 28 nitrogen and oxygen atoms in total. The molecular weight excluding hydrogens is 1550 g/mol. The van der Waals surface area contributed by atoms with Crippen molar-refractivity contribution in [1.29, 1.82) is 0 Å².